The lowest BCUT2D eigenvalue weighted by Gasteiger charge is -2.35. The molecule has 2 fully saturated rings. The molecule has 0 aromatic carbocycles. The first-order valence-electron chi connectivity index (χ1n) is 8.84. The van der Waals surface area contributed by atoms with Crippen LogP contribution in [-0.4, -0.2) is 84.5 Å². The Morgan fingerprint density at radius 2 is 2.12 bits per heavy atom. The normalized spacial score (nSPS) is 21.8. The van der Waals surface area contributed by atoms with Crippen molar-refractivity contribution in [1.82, 2.24) is 19.7 Å². The molecule has 0 spiro atoms. The SMILES string of the molecule is COCCN1CCN(C(=O)C2CC(=O)N(Cc3cccnc3)C2)CC1. The van der Waals surface area contributed by atoms with Gasteiger partial charge in [-0.2, -0.15) is 0 Å². The summed E-state index contributed by atoms with van der Waals surface area (Å²) in [4.78, 5) is 35.1. The second kappa shape index (κ2) is 8.40. The first kappa shape index (κ1) is 17.8. The van der Waals surface area contributed by atoms with Crippen LogP contribution in [0.25, 0.3) is 0 Å². The van der Waals surface area contributed by atoms with Crippen LogP contribution in [0, 0.1) is 5.92 Å². The number of likely N-dealkylation sites (tertiary alicyclic amines) is 1. The smallest absolute Gasteiger partial charge is 0.228 e. The van der Waals surface area contributed by atoms with Gasteiger partial charge in [-0.3, -0.25) is 19.5 Å². The molecule has 7 heteroatoms. The average Bonchev–Trinajstić information content (AvgIpc) is 3.01. The van der Waals surface area contributed by atoms with Crippen LogP contribution < -0.4 is 0 Å². The van der Waals surface area contributed by atoms with Crippen molar-refractivity contribution < 1.29 is 14.3 Å². The Bertz CT molecular complexity index is 587. The van der Waals surface area contributed by atoms with E-state index in [0.717, 1.165) is 38.3 Å². The van der Waals surface area contributed by atoms with Crippen molar-refractivity contribution in [3.05, 3.63) is 30.1 Å². The van der Waals surface area contributed by atoms with Crippen molar-refractivity contribution in [3.63, 3.8) is 0 Å². The van der Waals surface area contributed by atoms with Crippen molar-refractivity contribution in [2.75, 3.05) is 53.0 Å². The molecule has 1 atom stereocenters. The zero-order chi connectivity index (χ0) is 17.6. The Kier molecular flexibility index (Phi) is 5.99. The molecule has 2 saturated heterocycles. The molecule has 1 aromatic rings. The highest BCUT2D eigenvalue weighted by Crippen LogP contribution is 2.22. The van der Waals surface area contributed by atoms with Crippen LogP contribution in [0.15, 0.2) is 24.5 Å². The number of amides is 2. The molecule has 2 amide bonds. The van der Waals surface area contributed by atoms with Gasteiger partial charge in [-0.05, 0) is 11.6 Å². The molecule has 7 nitrogen and oxygen atoms in total. The van der Waals surface area contributed by atoms with Crippen LogP contribution in [0.5, 0.6) is 0 Å². The Labute approximate surface area is 148 Å². The molecule has 3 rings (SSSR count). The molecular weight excluding hydrogens is 320 g/mol. The van der Waals surface area contributed by atoms with E-state index in [1.54, 1.807) is 24.4 Å². The van der Waals surface area contributed by atoms with E-state index in [9.17, 15) is 9.59 Å². The molecule has 3 heterocycles. The van der Waals surface area contributed by atoms with Crippen LogP contribution in [0.4, 0.5) is 0 Å². The van der Waals surface area contributed by atoms with Crippen molar-refractivity contribution in [3.8, 4) is 0 Å². The van der Waals surface area contributed by atoms with Gasteiger partial charge in [-0.1, -0.05) is 6.07 Å². The minimum atomic E-state index is -0.213. The summed E-state index contributed by atoms with van der Waals surface area (Å²) in [6, 6.07) is 3.82. The van der Waals surface area contributed by atoms with Gasteiger partial charge in [0, 0.05) is 71.7 Å². The molecule has 0 saturated carbocycles. The fourth-order valence-electron chi connectivity index (χ4n) is 3.47. The number of pyridine rings is 1. The number of hydrogen-bond acceptors (Lipinski definition) is 5. The monoisotopic (exact) mass is 346 g/mol. The van der Waals surface area contributed by atoms with Gasteiger partial charge in [0.1, 0.15) is 0 Å². The molecule has 1 unspecified atom stereocenters. The summed E-state index contributed by atoms with van der Waals surface area (Å²) in [5, 5.41) is 0. The van der Waals surface area contributed by atoms with Crippen molar-refractivity contribution in [2.45, 2.75) is 13.0 Å². The van der Waals surface area contributed by atoms with E-state index >= 15 is 0 Å². The summed E-state index contributed by atoms with van der Waals surface area (Å²) >= 11 is 0. The standard InChI is InChI=1S/C18H26N4O3/c1-25-10-9-20-5-7-21(8-6-20)18(24)16-11-17(23)22(14-16)13-15-3-2-4-19-12-15/h2-4,12,16H,5-11,13-14H2,1H3. The van der Waals surface area contributed by atoms with Gasteiger partial charge < -0.3 is 14.5 Å². The highest BCUT2D eigenvalue weighted by atomic mass is 16.5. The topological polar surface area (TPSA) is 66.0 Å². The van der Waals surface area contributed by atoms with Crippen molar-refractivity contribution in [1.29, 1.82) is 0 Å². The molecule has 0 aliphatic carbocycles. The molecule has 0 radical (unpaired) electrons. The third-order valence-electron chi connectivity index (χ3n) is 4.96. The molecule has 136 valence electrons. The average molecular weight is 346 g/mol. The summed E-state index contributed by atoms with van der Waals surface area (Å²) in [6.45, 7) is 5.86. The van der Waals surface area contributed by atoms with E-state index in [4.69, 9.17) is 4.74 Å². The van der Waals surface area contributed by atoms with Crippen LogP contribution in [0.1, 0.15) is 12.0 Å². The van der Waals surface area contributed by atoms with Crippen LogP contribution in [-0.2, 0) is 20.9 Å². The minimum absolute atomic E-state index is 0.0564. The Morgan fingerprint density at radius 1 is 1.32 bits per heavy atom. The number of nitrogens with zero attached hydrogens (tertiary/aromatic N) is 4. The Morgan fingerprint density at radius 3 is 2.80 bits per heavy atom. The summed E-state index contributed by atoms with van der Waals surface area (Å²) in [5.74, 6) is -0.0379. The second-order valence-corrected chi connectivity index (χ2v) is 6.70. The van der Waals surface area contributed by atoms with Gasteiger partial charge in [0.25, 0.3) is 0 Å². The lowest BCUT2D eigenvalue weighted by Crippen LogP contribution is -2.51. The number of piperazine rings is 1. The van der Waals surface area contributed by atoms with E-state index in [0.29, 0.717) is 26.1 Å². The summed E-state index contributed by atoms with van der Waals surface area (Å²) in [7, 11) is 1.70. The van der Waals surface area contributed by atoms with Gasteiger partial charge in [0.15, 0.2) is 0 Å². The third kappa shape index (κ3) is 4.55. The first-order chi connectivity index (χ1) is 12.2. The number of carbonyl (C=O) groups is 2. The third-order valence-corrected chi connectivity index (χ3v) is 4.96. The molecule has 2 aliphatic rings. The number of ether oxygens (including phenoxy) is 1. The van der Waals surface area contributed by atoms with Crippen molar-refractivity contribution >= 4 is 11.8 Å². The maximum absolute atomic E-state index is 12.8. The molecular formula is C18H26N4O3. The van der Waals surface area contributed by atoms with Crippen LogP contribution in [0.3, 0.4) is 0 Å². The molecule has 0 bridgehead atoms. The molecule has 2 aliphatic heterocycles. The molecule has 25 heavy (non-hydrogen) atoms. The molecule has 0 N–H and O–H groups in total. The first-order valence-corrected chi connectivity index (χ1v) is 8.84. The van der Waals surface area contributed by atoms with E-state index in [1.165, 1.54) is 0 Å². The lowest BCUT2D eigenvalue weighted by molar-refractivity contribution is -0.137. The fourth-order valence-corrected chi connectivity index (χ4v) is 3.47. The number of methoxy groups -OCH3 is 1. The maximum Gasteiger partial charge on any atom is 0.228 e. The Hall–Kier alpha value is -1.99. The second-order valence-electron chi connectivity index (χ2n) is 6.70. The minimum Gasteiger partial charge on any atom is -0.383 e. The van der Waals surface area contributed by atoms with Gasteiger partial charge in [0.2, 0.25) is 11.8 Å². The van der Waals surface area contributed by atoms with Gasteiger partial charge in [-0.25, -0.2) is 0 Å². The van der Waals surface area contributed by atoms with Crippen LogP contribution >= 0.6 is 0 Å². The van der Waals surface area contributed by atoms with Gasteiger partial charge in [0.05, 0.1) is 12.5 Å². The Balaban J connectivity index is 1.49. The highest BCUT2D eigenvalue weighted by molar-refractivity contribution is 5.89. The van der Waals surface area contributed by atoms with Crippen LogP contribution in [0.2, 0.25) is 0 Å². The van der Waals surface area contributed by atoms with E-state index in [2.05, 4.69) is 9.88 Å². The number of aromatic nitrogens is 1. The zero-order valence-corrected chi connectivity index (χ0v) is 14.8. The van der Waals surface area contributed by atoms with E-state index in [-0.39, 0.29) is 17.7 Å². The maximum atomic E-state index is 12.8. The lowest BCUT2D eigenvalue weighted by atomic mass is 10.1. The van der Waals surface area contributed by atoms with Gasteiger partial charge in [-0.15, -0.1) is 0 Å². The summed E-state index contributed by atoms with van der Waals surface area (Å²) in [6.07, 6.45) is 3.80. The number of hydrogen-bond donors (Lipinski definition) is 0. The predicted octanol–water partition coefficient (Wildman–Crippen LogP) is 0.221. The van der Waals surface area contributed by atoms with Gasteiger partial charge >= 0.3 is 0 Å². The quantitative estimate of drug-likeness (QED) is 0.737. The number of carbonyl (C=O) groups excluding carboxylic acids is 2. The van der Waals surface area contributed by atoms with E-state index < -0.39 is 0 Å². The molecule has 1 aromatic heterocycles. The summed E-state index contributed by atoms with van der Waals surface area (Å²) < 4.78 is 5.10. The largest absolute Gasteiger partial charge is 0.383 e. The predicted molar refractivity (Wildman–Crippen MR) is 92.7 cm³/mol. The fraction of sp³-hybridized carbons (Fsp3) is 0.611. The highest BCUT2D eigenvalue weighted by Gasteiger charge is 2.37. The van der Waals surface area contributed by atoms with Crippen molar-refractivity contribution in [2.24, 2.45) is 5.92 Å². The summed E-state index contributed by atoms with van der Waals surface area (Å²) in [5.41, 5.74) is 0.996. The zero-order valence-electron chi connectivity index (χ0n) is 14.8. The number of rotatable bonds is 6. The van der Waals surface area contributed by atoms with E-state index in [1.807, 2.05) is 17.0 Å².